The molecule has 1 saturated heterocycles. The minimum absolute atomic E-state index is 0.0544. The summed E-state index contributed by atoms with van der Waals surface area (Å²) in [6.45, 7) is 6.30. The van der Waals surface area contributed by atoms with Crippen LogP contribution in [0.5, 0.6) is 0 Å². The van der Waals surface area contributed by atoms with Crippen molar-refractivity contribution in [1.29, 1.82) is 0 Å². The van der Waals surface area contributed by atoms with Crippen LogP contribution < -0.4 is 0 Å². The summed E-state index contributed by atoms with van der Waals surface area (Å²) in [5.41, 5.74) is 2.23. The molecule has 32 heavy (non-hydrogen) atoms. The van der Waals surface area contributed by atoms with Crippen LogP contribution in [0.1, 0.15) is 96.6 Å². The third kappa shape index (κ3) is 5.51. The van der Waals surface area contributed by atoms with Gasteiger partial charge in [0.05, 0.1) is 24.0 Å². The number of hydrogen-bond acceptors (Lipinski definition) is 3. The van der Waals surface area contributed by atoms with E-state index in [2.05, 4.69) is 19.9 Å². The number of allylic oxidation sites excluding steroid dienone is 1. The first kappa shape index (κ1) is 24.7. The van der Waals surface area contributed by atoms with Gasteiger partial charge in [-0.2, -0.15) is 0 Å². The van der Waals surface area contributed by atoms with Gasteiger partial charge in [0, 0.05) is 5.92 Å². The SMILES string of the molecule is CCCCCCC1=C[C@H]([C@H](O)CCCCC)[C@@H]2C(=O)N([C@@H](C)c3ccccc3)C(=O)[C@@H]2C1. The summed E-state index contributed by atoms with van der Waals surface area (Å²) in [5.74, 6) is -1.16. The predicted molar refractivity (Wildman–Crippen MR) is 129 cm³/mol. The van der Waals surface area contributed by atoms with Gasteiger partial charge in [-0.1, -0.05) is 94.4 Å². The molecule has 4 nitrogen and oxygen atoms in total. The van der Waals surface area contributed by atoms with Crippen LogP contribution in [-0.2, 0) is 9.59 Å². The molecule has 1 aliphatic carbocycles. The quantitative estimate of drug-likeness (QED) is 0.239. The predicted octanol–water partition coefficient (Wildman–Crippen LogP) is 6.21. The molecule has 0 radical (unpaired) electrons. The summed E-state index contributed by atoms with van der Waals surface area (Å²) in [6.07, 6.45) is 11.8. The minimum atomic E-state index is -0.566. The van der Waals surface area contributed by atoms with Crippen molar-refractivity contribution in [2.45, 2.75) is 97.1 Å². The van der Waals surface area contributed by atoms with Crippen molar-refractivity contribution in [3.63, 3.8) is 0 Å². The number of imide groups is 1. The largest absolute Gasteiger partial charge is 0.392 e. The number of benzene rings is 1. The fourth-order valence-corrected chi connectivity index (χ4v) is 5.52. The van der Waals surface area contributed by atoms with Crippen LogP contribution in [0.2, 0.25) is 0 Å². The van der Waals surface area contributed by atoms with Crippen LogP contribution in [0, 0.1) is 17.8 Å². The Kier molecular flexibility index (Phi) is 9.10. The van der Waals surface area contributed by atoms with Gasteiger partial charge in [0.2, 0.25) is 11.8 Å². The number of aliphatic hydroxyl groups is 1. The van der Waals surface area contributed by atoms with E-state index in [9.17, 15) is 14.7 Å². The maximum absolute atomic E-state index is 13.6. The zero-order valence-electron chi connectivity index (χ0n) is 20.1. The van der Waals surface area contributed by atoms with Crippen molar-refractivity contribution in [3.05, 3.63) is 47.5 Å². The molecule has 2 amide bonds. The zero-order chi connectivity index (χ0) is 23.1. The van der Waals surface area contributed by atoms with E-state index < -0.39 is 12.0 Å². The van der Waals surface area contributed by atoms with E-state index in [0.29, 0.717) is 12.8 Å². The van der Waals surface area contributed by atoms with Crippen LogP contribution in [0.15, 0.2) is 42.0 Å². The highest BCUT2D eigenvalue weighted by atomic mass is 16.3. The molecule has 1 N–H and O–H groups in total. The van der Waals surface area contributed by atoms with Crippen molar-refractivity contribution in [1.82, 2.24) is 4.90 Å². The molecule has 0 unspecified atom stereocenters. The fourth-order valence-electron chi connectivity index (χ4n) is 5.52. The molecule has 0 saturated carbocycles. The summed E-state index contributed by atoms with van der Waals surface area (Å²) in [6, 6.07) is 9.50. The highest BCUT2D eigenvalue weighted by Crippen LogP contribution is 2.46. The first-order valence-electron chi connectivity index (χ1n) is 12.8. The molecule has 2 aliphatic rings. The molecule has 3 rings (SSSR count). The van der Waals surface area contributed by atoms with Gasteiger partial charge in [-0.15, -0.1) is 0 Å². The number of rotatable bonds is 12. The lowest BCUT2D eigenvalue weighted by atomic mass is 9.70. The number of carbonyl (C=O) groups excluding carboxylic acids is 2. The Bertz CT molecular complexity index is 787. The van der Waals surface area contributed by atoms with Crippen molar-refractivity contribution in [2.24, 2.45) is 17.8 Å². The van der Waals surface area contributed by atoms with Crippen molar-refractivity contribution in [2.75, 3.05) is 0 Å². The number of hydrogen-bond donors (Lipinski definition) is 1. The summed E-state index contributed by atoms with van der Waals surface area (Å²) < 4.78 is 0. The second-order valence-electron chi connectivity index (χ2n) is 9.75. The summed E-state index contributed by atoms with van der Waals surface area (Å²) in [4.78, 5) is 28.6. The Labute approximate surface area is 194 Å². The second kappa shape index (κ2) is 11.8. The van der Waals surface area contributed by atoms with Crippen LogP contribution >= 0.6 is 0 Å². The van der Waals surface area contributed by atoms with Crippen LogP contribution in [0.25, 0.3) is 0 Å². The Hall–Kier alpha value is -1.94. The maximum Gasteiger partial charge on any atom is 0.234 e. The molecule has 0 bridgehead atoms. The monoisotopic (exact) mass is 439 g/mol. The molecule has 0 spiro atoms. The highest BCUT2D eigenvalue weighted by Gasteiger charge is 2.54. The number of nitrogens with zero attached hydrogens (tertiary/aromatic N) is 1. The normalized spacial score (nSPS) is 24.9. The van der Waals surface area contributed by atoms with E-state index in [1.807, 2.05) is 37.3 Å². The topological polar surface area (TPSA) is 57.6 Å². The second-order valence-corrected chi connectivity index (χ2v) is 9.75. The Morgan fingerprint density at radius 3 is 2.34 bits per heavy atom. The summed E-state index contributed by atoms with van der Waals surface area (Å²) >= 11 is 0. The molecule has 1 aromatic rings. The Morgan fingerprint density at radius 2 is 1.66 bits per heavy atom. The van der Waals surface area contributed by atoms with Crippen molar-refractivity contribution < 1.29 is 14.7 Å². The molecule has 1 aliphatic heterocycles. The standard InChI is InChI=1S/C28H41NO3/c1-4-6-8-11-14-21-18-23(25(30)17-10-7-5-2)26-24(19-21)27(31)29(28(26)32)20(3)22-15-12-9-13-16-22/h9,12-13,15-16,18,20,23-26,30H,4-8,10-11,14,17,19H2,1-3H3/t20-,23+,24+,25+,26-/m0/s1. The van der Waals surface area contributed by atoms with Gasteiger partial charge in [0.25, 0.3) is 0 Å². The lowest BCUT2D eigenvalue weighted by molar-refractivity contribution is -0.143. The van der Waals surface area contributed by atoms with Crippen LogP contribution in [-0.4, -0.2) is 27.9 Å². The first-order valence-corrected chi connectivity index (χ1v) is 12.8. The van der Waals surface area contributed by atoms with Gasteiger partial charge in [0.1, 0.15) is 0 Å². The Morgan fingerprint density at radius 1 is 0.969 bits per heavy atom. The number of unbranched alkanes of at least 4 members (excludes halogenated alkanes) is 5. The molecule has 1 aromatic carbocycles. The third-order valence-electron chi connectivity index (χ3n) is 7.40. The summed E-state index contributed by atoms with van der Waals surface area (Å²) in [7, 11) is 0. The number of aliphatic hydroxyl groups excluding tert-OH is 1. The lowest BCUT2D eigenvalue weighted by Gasteiger charge is -2.33. The van der Waals surface area contributed by atoms with E-state index in [4.69, 9.17) is 0 Å². The Balaban J connectivity index is 1.83. The number of carbonyl (C=O) groups is 2. The molecular formula is C28H41NO3. The molecule has 0 aromatic heterocycles. The number of likely N-dealkylation sites (tertiary alicyclic amines) is 1. The molecular weight excluding hydrogens is 398 g/mol. The molecule has 176 valence electrons. The third-order valence-corrected chi connectivity index (χ3v) is 7.40. The van der Waals surface area contributed by atoms with Crippen molar-refractivity contribution >= 4 is 11.8 Å². The van der Waals surface area contributed by atoms with Crippen LogP contribution in [0.3, 0.4) is 0 Å². The molecule has 1 heterocycles. The zero-order valence-corrected chi connectivity index (χ0v) is 20.1. The average Bonchev–Trinajstić information content (AvgIpc) is 3.06. The number of amides is 2. The minimum Gasteiger partial charge on any atom is -0.392 e. The van der Waals surface area contributed by atoms with E-state index in [1.54, 1.807) is 0 Å². The van der Waals surface area contributed by atoms with E-state index in [-0.39, 0.29) is 29.7 Å². The smallest absolute Gasteiger partial charge is 0.234 e. The molecule has 1 fully saturated rings. The molecule has 4 heteroatoms. The summed E-state index contributed by atoms with van der Waals surface area (Å²) in [5, 5.41) is 11.1. The molecule has 5 atom stereocenters. The lowest BCUT2D eigenvalue weighted by Crippen LogP contribution is -2.38. The maximum atomic E-state index is 13.6. The van der Waals surface area contributed by atoms with Gasteiger partial charge < -0.3 is 5.11 Å². The van der Waals surface area contributed by atoms with Crippen LogP contribution in [0.4, 0.5) is 0 Å². The van der Waals surface area contributed by atoms with Gasteiger partial charge >= 0.3 is 0 Å². The fraction of sp³-hybridized carbons (Fsp3) is 0.643. The van der Waals surface area contributed by atoms with Gasteiger partial charge in [-0.05, 0) is 38.2 Å². The van der Waals surface area contributed by atoms with Crippen molar-refractivity contribution in [3.8, 4) is 0 Å². The average molecular weight is 440 g/mol. The van der Waals surface area contributed by atoms with Gasteiger partial charge in [-0.25, -0.2) is 0 Å². The van der Waals surface area contributed by atoms with Gasteiger partial charge in [-0.3, -0.25) is 14.5 Å². The van der Waals surface area contributed by atoms with E-state index >= 15 is 0 Å². The van der Waals surface area contributed by atoms with E-state index in [0.717, 1.165) is 37.7 Å². The first-order chi connectivity index (χ1) is 15.5. The van der Waals surface area contributed by atoms with Gasteiger partial charge in [0.15, 0.2) is 0 Å². The van der Waals surface area contributed by atoms with E-state index in [1.165, 1.54) is 29.7 Å². The number of fused-ring (bicyclic) bond motifs is 1. The highest BCUT2D eigenvalue weighted by molar-refractivity contribution is 6.06.